The fourth-order valence-electron chi connectivity index (χ4n) is 4.18. The Labute approximate surface area is 191 Å². The van der Waals surface area contributed by atoms with Gasteiger partial charge in [0, 0.05) is 58.4 Å². The van der Waals surface area contributed by atoms with E-state index in [-0.39, 0.29) is 12.3 Å². The van der Waals surface area contributed by atoms with E-state index in [4.69, 9.17) is 0 Å². The normalized spacial score (nSPS) is 18.0. The van der Waals surface area contributed by atoms with Crippen LogP contribution in [0.4, 0.5) is 24.8 Å². The Kier molecular flexibility index (Phi) is 6.73. The number of anilines is 2. The number of nitrogens with zero attached hydrogens (tertiary/aromatic N) is 6. The first-order valence-corrected chi connectivity index (χ1v) is 11.2. The molecule has 0 radical (unpaired) electrons. The van der Waals surface area contributed by atoms with Crippen LogP contribution in [0.2, 0.25) is 0 Å². The minimum Gasteiger partial charge on any atom is -0.354 e. The summed E-state index contributed by atoms with van der Waals surface area (Å²) in [4.78, 5) is 30.4. The zero-order valence-corrected chi connectivity index (χ0v) is 19.0. The predicted octanol–water partition coefficient (Wildman–Crippen LogP) is 2.45. The van der Waals surface area contributed by atoms with Gasteiger partial charge in [-0.3, -0.25) is 4.79 Å². The van der Waals surface area contributed by atoms with Crippen LogP contribution in [-0.4, -0.2) is 85.1 Å². The van der Waals surface area contributed by atoms with Gasteiger partial charge in [-0.1, -0.05) is 12.1 Å². The van der Waals surface area contributed by atoms with Crippen molar-refractivity contribution < 1.29 is 18.0 Å². The molecular weight excluding hydrogens is 433 g/mol. The number of carbonyl (C=O) groups excluding carboxylic acids is 1. The second kappa shape index (κ2) is 9.54. The van der Waals surface area contributed by atoms with E-state index in [1.807, 2.05) is 13.0 Å². The number of hydrogen-bond donors (Lipinski definition) is 0. The van der Waals surface area contributed by atoms with Gasteiger partial charge in [0.25, 0.3) is 0 Å². The van der Waals surface area contributed by atoms with E-state index in [9.17, 15) is 18.0 Å². The summed E-state index contributed by atoms with van der Waals surface area (Å²) in [6.07, 6.45) is -4.28. The second-order valence-electron chi connectivity index (χ2n) is 8.66. The standard InChI is InChI=1S/C23H29F3N6O/c1-17-27-20(30-9-7-29(2)8-10-30)16-21(28-17)31-11-13-32(14-12-31)22(33)15-18-3-5-19(6-4-18)23(24,25)26/h3-6,16H,7-15H2,1-2H3. The van der Waals surface area contributed by atoms with Gasteiger partial charge in [0.2, 0.25) is 5.91 Å². The van der Waals surface area contributed by atoms with Crippen LogP contribution in [0.3, 0.4) is 0 Å². The monoisotopic (exact) mass is 462 g/mol. The molecular formula is C23H29F3N6O. The Morgan fingerprint density at radius 1 is 0.879 bits per heavy atom. The largest absolute Gasteiger partial charge is 0.416 e. The molecule has 2 aliphatic rings. The topological polar surface area (TPSA) is 55.8 Å². The van der Waals surface area contributed by atoms with E-state index in [1.165, 1.54) is 12.1 Å². The molecule has 33 heavy (non-hydrogen) atoms. The van der Waals surface area contributed by atoms with Crippen molar-refractivity contribution in [2.24, 2.45) is 0 Å². The van der Waals surface area contributed by atoms with Crippen molar-refractivity contribution in [3.8, 4) is 0 Å². The Morgan fingerprint density at radius 3 is 1.91 bits per heavy atom. The molecule has 2 aromatic rings. The average molecular weight is 463 g/mol. The highest BCUT2D eigenvalue weighted by atomic mass is 19.4. The number of aromatic nitrogens is 2. The maximum Gasteiger partial charge on any atom is 0.416 e. The molecule has 3 heterocycles. The highest BCUT2D eigenvalue weighted by molar-refractivity contribution is 5.79. The van der Waals surface area contributed by atoms with Crippen LogP contribution in [-0.2, 0) is 17.4 Å². The Hall–Kier alpha value is -2.88. The van der Waals surface area contributed by atoms with E-state index in [0.29, 0.717) is 31.7 Å². The van der Waals surface area contributed by atoms with Crippen molar-refractivity contribution in [3.63, 3.8) is 0 Å². The number of alkyl halides is 3. The number of aryl methyl sites for hydroxylation is 1. The maximum absolute atomic E-state index is 12.7. The summed E-state index contributed by atoms with van der Waals surface area (Å²) in [6, 6.07) is 6.82. The molecule has 2 fully saturated rings. The highest BCUT2D eigenvalue weighted by Crippen LogP contribution is 2.29. The van der Waals surface area contributed by atoms with Gasteiger partial charge in [-0.25, -0.2) is 9.97 Å². The lowest BCUT2D eigenvalue weighted by molar-refractivity contribution is -0.137. The van der Waals surface area contributed by atoms with Crippen molar-refractivity contribution in [1.29, 1.82) is 0 Å². The smallest absolute Gasteiger partial charge is 0.354 e. The van der Waals surface area contributed by atoms with E-state index in [2.05, 4.69) is 31.7 Å². The van der Waals surface area contributed by atoms with E-state index < -0.39 is 11.7 Å². The third-order valence-corrected chi connectivity index (χ3v) is 6.23. The molecule has 4 rings (SSSR count). The molecule has 1 aromatic carbocycles. The number of carbonyl (C=O) groups is 1. The van der Waals surface area contributed by atoms with Gasteiger partial charge >= 0.3 is 6.18 Å². The molecule has 1 aromatic heterocycles. The summed E-state index contributed by atoms with van der Waals surface area (Å²) >= 11 is 0. The Balaban J connectivity index is 1.34. The Morgan fingerprint density at radius 2 is 1.39 bits per heavy atom. The van der Waals surface area contributed by atoms with Crippen LogP contribution in [0.15, 0.2) is 30.3 Å². The number of hydrogen-bond acceptors (Lipinski definition) is 6. The van der Waals surface area contributed by atoms with Gasteiger partial charge in [0.05, 0.1) is 12.0 Å². The number of benzene rings is 1. The average Bonchev–Trinajstić information content (AvgIpc) is 2.79. The van der Waals surface area contributed by atoms with Gasteiger partial charge in [-0.2, -0.15) is 13.2 Å². The molecule has 10 heteroatoms. The minimum absolute atomic E-state index is 0.0774. The van der Waals surface area contributed by atoms with Gasteiger partial charge in [0.15, 0.2) is 0 Å². The van der Waals surface area contributed by atoms with E-state index >= 15 is 0 Å². The molecule has 7 nitrogen and oxygen atoms in total. The molecule has 0 N–H and O–H groups in total. The summed E-state index contributed by atoms with van der Waals surface area (Å²) < 4.78 is 38.2. The molecule has 0 unspecified atom stereocenters. The quantitative estimate of drug-likeness (QED) is 0.696. The molecule has 1 amide bonds. The summed E-state index contributed by atoms with van der Waals surface area (Å²) in [6.45, 7) is 8.15. The SMILES string of the molecule is Cc1nc(N2CCN(C)CC2)cc(N2CCN(C(=O)Cc3ccc(C(F)(F)F)cc3)CC2)n1. The molecule has 0 atom stereocenters. The lowest BCUT2D eigenvalue weighted by Gasteiger charge is -2.37. The first-order valence-electron chi connectivity index (χ1n) is 11.2. The lowest BCUT2D eigenvalue weighted by atomic mass is 10.1. The first-order chi connectivity index (χ1) is 15.7. The summed E-state index contributed by atoms with van der Waals surface area (Å²) in [7, 11) is 2.12. The molecule has 0 saturated carbocycles. The van der Waals surface area contributed by atoms with Crippen molar-refractivity contribution in [2.45, 2.75) is 19.5 Å². The number of halogens is 3. The van der Waals surface area contributed by atoms with E-state index in [0.717, 1.165) is 55.8 Å². The number of likely N-dealkylation sites (N-methyl/N-ethyl adjacent to an activating group) is 1. The predicted molar refractivity (Wildman–Crippen MR) is 120 cm³/mol. The van der Waals surface area contributed by atoms with Crippen LogP contribution >= 0.6 is 0 Å². The van der Waals surface area contributed by atoms with Crippen molar-refractivity contribution in [1.82, 2.24) is 19.8 Å². The summed E-state index contributed by atoms with van der Waals surface area (Å²) in [5, 5.41) is 0. The fraction of sp³-hybridized carbons (Fsp3) is 0.522. The summed E-state index contributed by atoms with van der Waals surface area (Å²) in [5.41, 5.74) is -0.123. The molecule has 178 valence electrons. The molecule has 0 aliphatic carbocycles. The van der Waals surface area contributed by atoms with Gasteiger partial charge < -0.3 is 19.6 Å². The molecule has 0 bridgehead atoms. The van der Waals surface area contributed by atoms with Crippen LogP contribution in [0.5, 0.6) is 0 Å². The van der Waals surface area contributed by atoms with Crippen LogP contribution in [0.25, 0.3) is 0 Å². The van der Waals surface area contributed by atoms with E-state index in [1.54, 1.807) is 4.90 Å². The fourth-order valence-corrected chi connectivity index (χ4v) is 4.18. The van der Waals surface area contributed by atoms with Crippen molar-refractivity contribution in [2.75, 3.05) is 69.2 Å². The number of rotatable bonds is 4. The zero-order chi connectivity index (χ0) is 23.6. The minimum atomic E-state index is -4.37. The highest BCUT2D eigenvalue weighted by Gasteiger charge is 2.30. The van der Waals surface area contributed by atoms with Gasteiger partial charge in [-0.05, 0) is 31.7 Å². The van der Waals surface area contributed by atoms with Crippen molar-refractivity contribution >= 4 is 17.5 Å². The molecule has 2 saturated heterocycles. The van der Waals surface area contributed by atoms with Crippen molar-refractivity contribution in [3.05, 3.63) is 47.3 Å². The van der Waals surface area contributed by atoms with Crippen LogP contribution in [0, 0.1) is 6.92 Å². The summed E-state index contributed by atoms with van der Waals surface area (Å²) in [5.74, 6) is 2.45. The Bertz CT molecular complexity index is 965. The third-order valence-electron chi connectivity index (χ3n) is 6.23. The molecule has 2 aliphatic heterocycles. The second-order valence-corrected chi connectivity index (χ2v) is 8.66. The first kappa shape index (κ1) is 23.3. The molecule has 0 spiro atoms. The number of piperazine rings is 2. The van der Waals surface area contributed by atoms with Gasteiger partial charge in [-0.15, -0.1) is 0 Å². The lowest BCUT2D eigenvalue weighted by Crippen LogP contribution is -2.49. The van der Waals surface area contributed by atoms with Crippen LogP contribution < -0.4 is 9.80 Å². The zero-order valence-electron chi connectivity index (χ0n) is 19.0. The third kappa shape index (κ3) is 5.73. The van der Waals surface area contributed by atoms with Gasteiger partial charge in [0.1, 0.15) is 17.5 Å². The van der Waals surface area contributed by atoms with Crippen LogP contribution in [0.1, 0.15) is 17.0 Å². The maximum atomic E-state index is 12.7. The number of amides is 1.